The van der Waals surface area contributed by atoms with Crippen LogP contribution in [0.4, 0.5) is 0 Å². The Labute approximate surface area is 88.1 Å². The van der Waals surface area contributed by atoms with Gasteiger partial charge in [0.1, 0.15) is 0 Å². The number of nitrogens with zero attached hydrogens (tertiary/aromatic N) is 1. The zero-order chi connectivity index (χ0) is 10.6. The third-order valence-electron chi connectivity index (χ3n) is 1.95. The number of rotatable bonds is 3. The smallest absolute Gasteiger partial charge is 0.166 e. The van der Waals surface area contributed by atoms with Gasteiger partial charge in [0.2, 0.25) is 0 Å². The molecule has 3 heteroatoms. The first-order chi connectivity index (χ1) is 6.65. The molecule has 1 aromatic carbocycles. The fourth-order valence-electron chi connectivity index (χ4n) is 1.16. The first kappa shape index (κ1) is 10.7. The fourth-order valence-corrected chi connectivity index (χ4v) is 1.35. The highest BCUT2D eigenvalue weighted by atomic mass is 35.5. The van der Waals surface area contributed by atoms with E-state index in [1.807, 2.05) is 6.07 Å². The minimum Gasteiger partial charge on any atom is -0.294 e. The van der Waals surface area contributed by atoms with E-state index >= 15 is 0 Å². The normalized spacial score (nSPS) is 11.8. The van der Waals surface area contributed by atoms with Crippen LogP contribution in [0.3, 0.4) is 0 Å². The molecule has 0 aliphatic carbocycles. The van der Waals surface area contributed by atoms with Crippen LogP contribution in [0.2, 0.25) is 5.02 Å². The number of nitriles is 1. The van der Waals surface area contributed by atoms with Crippen LogP contribution in [0.1, 0.15) is 23.7 Å². The second-order valence-electron chi connectivity index (χ2n) is 3.14. The van der Waals surface area contributed by atoms with E-state index in [0.717, 1.165) is 0 Å². The van der Waals surface area contributed by atoms with Crippen molar-refractivity contribution in [2.24, 2.45) is 5.92 Å². The molecule has 0 saturated carbocycles. The molecular weight excluding hydrogens is 198 g/mol. The van der Waals surface area contributed by atoms with Gasteiger partial charge < -0.3 is 0 Å². The largest absolute Gasteiger partial charge is 0.294 e. The van der Waals surface area contributed by atoms with Crippen molar-refractivity contribution in [2.45, 2.75) is 13.3 Å². The fraction of sp³-hybridized carbons (Fsp3) is 0.273. The maximum absolute atomic E-state index is 11.7. The summed E-state index contributed by atoms with van der Waals surface area (Å²) >= 11 is 5.75. The molecule has 0 aliphatic rings. The maximum atomic E-state index is 11.7. The van der Waals surface area contributed by atoms with Gasteiger partial charge in [-0.05, 0) is 12.1 Å². The van der Waals surface area contributed by atoms with Gasteiger partial charge in [0.25, 0.3) is 0 Å². The van der Waals surface area contributed by atoms with Crippen LogP contribution in [0, 0.1) is 17.2 Å². The molecule has 0 N–H and O–H groups in total. The first-order valence-electron chi connectivity index (χ1n) is 4.32. The van der Waals surface area contributed by atoms with E-state index in [1.54, 1.807) is 31.2 Å². The number of carbonyl (C=O) groups excluding carboxylic acids is 1. The summed E-state index contributed by atoms with van der Waals surface area (Å²) in [4.78, 5) is 11.7. The molecule has 0 amide bonds. The molecule has 1 aromatic rings. The van der Waals surface area contributed by atoms with Gasteiger partial charge in [0.15, 0.2) is 5.78 Å². The van der Waals surface area contributed by atoms with Crippen molar-refractivity contribution in [3.05, 3.63) is 34.9 Å². The molecule has 1 rings (SSSR count). The Bertz CT molecular complexity index is 381. The summed E-state index contributed by atoms with van der Waals surface area (Å²) in [6, 6.07) is 8.76. The number of halogens is 1. The lowest BCUT2D eigenvalue weighted by Crippen LogP contribution is -2.10. The molecule has 14 heavy (non-hydrogen) atoms. The van der Waals surface area contributed by atoms with Crippen molar-refractivity contribution in [3.63, 3.8) is 0 Å². The summed E-state index contributed by atoms with van der Waals surface area (Å²) in [6.07, 6.45) is 0.241. The summed E-state index contributed by atoms with van der Waals surface area (Å²) in [6.45, 7) is 1.74. The zero-order valence-corrected chi connectivity index (χ0v) is 8.58. The third-order valence-corrected chi connectivity index (χ3v) is 2.19. The van der Waals surface area contributed by atoms with Crippen molar-refractivity contribution in [2.75, 3.05) is 0 Å². The van der Waals surface area contributed by atoms with E-state index in [0.29, 0.717) is 10.6 Å². The highest BCUT2D eigenvalue weighted by molar-refractivity contribution is 6.31. The van der Waals surface area contributed by atoms with Crippen molar-refractivity contribution in [1.82, 2.24) is 0 Å². The van der Waals surface area contributed by atoms with Crippen LogP contribution in [0.5, 0.6) is 0 Å². The number of Topliss-reactive ketones (excluding diaryl/α,β-unsaturated/α-hetero) is 1. The number of ketones is 1. The number of carbonyl (C=O) groups is 1. The Kier molecular flexibility index (Phi) is 3.67. The molecule has 0 heterocycles. The highest BCUT2D eigenvalue weighted by Crippen LogP contribution is 2.15. The van der Waals surface area contributed by atoms with E-state index in [9.17, 15) is 4.79 Å². The minimum atomic E-state index is -0.265. The molecule has 0 spiro atoms. The molecule has 0 aromatic heterocycles. The second kappa shape index (κ2) is 4.78. The Morgan fingerprint density at radius 2 is 2.36 bits per heavy atom. The molecule has 1 unspecified atom stereocenters. The van der Waals surface area contributed by atoms with E-state index in [-0.39, 0.29) is 18.1 Å². The van der Waals surface area contributed by atoms with Crippen LogP contribution in [-0.4, -0.2) is 5.78 Å². The standard InChI is InChI=1S/C11H10ClNO/c1-8(5-6-13)11(14)9-3-2-4-10(12)7-9/h2-4,7-8H,5H2,1H3. The second-order valence-corrected chi connectivity index (χ2v) is 3.57. The topological polar surface area (TPSA) is 40.9 Å². The molecule has 0 radical (unpaired) electrons. The predicted octanol–water partition coefficient (Wildman–Crippen LogP) is 3.07. The lowest BCUT2D eigenvalue weighted by molar-refractivity contribution is 0.0932. The summed E-state index contributed by atoms with van der Waals surface area (Å²) in [5.41, 5.74) is 0.570. The minimum absolute atomic E-state index is 0.0333. The molecule has 72 valence electrons. The van der Waals surface area contributed by atoms with Gasteiger partial charge in [0.05, 0.1) is 6.07 Å². The van der Waals surface area contributed by atoms with Gasteiger partial charge in [-0.15, -0.1) is 0 Å². The molecule has 2 nitrogen and oxygen atoms in total. The average Bonchev–Trinajstić information content (AvgIpc) is 2.17. The van der Waals surface area contributed by atoms with Crippen molar-refractivity contribution >= 4 is 17.4 Å². The maximum Gasteiger partial charge on any atom is 0.166 e. The summed E-state index contributed by atoms with van der Waals surface area (Å²) in [7, 11) is 0. The van der Waals surface area contributed by atoms with Gasteiger partial charge in [-0.25, -0.2) is 0 Å². The van der Waals surface area contributed by atoms with Gasteiger partial charge in [0, 0.05) is 22.9 Å². The monoisotopic (exact) mass is 207 g/mol. The first-order valence-corrected chi connectivity index (χ1v) is 4.69. The van der Waals surface area contributed by atoms with Crippen LogP contribution in [0.15, 0.2) is 24.3 Å². The predicted molar refractivity (Wildman–Crippen MR) is 55.2 cm³/mol. The van der Waals surface area contributed by atoms with E-state index < -0.39 is 0 Å². The van der Waals surface area contributed by atoms with Crippen molar-refractivity contribution in [1.29, 1.82) is 5.26 Å². The van der Waals surface area contributed by atoms with Crippen LogP contribution in [-0.2, 0) is 0 Å². The van der Waals surface area contributed by atoms with Crippen molar-refractivity contribution in [3.8, 4) is 6.07 Å². The lowest BCUT2D eigenvalue weighted by Gasteiger charge is -2.05. The average molecular weight is 208 g/mol. The molecule has 0 bridgehead atoms. The Morgan fingerprint density at radius 1 is 1.64 bits per heavy atom. The Balaban J connectivity index is 2.85. The molecule has 0 aliphatic heterocycles. The highest BCUT2D eigenvalue weighted by Gasteiger charge is 2.14. The summed E-state index contributed by atoms with van der Waals surface area (Å²) in [5.74, 6) is -0.299. The summed E-state index contributed by atoms with van der Waals surface area (Å²) < 4.78 is 0. The Hall–Kier alpha value is -1.33. The SMILES string of the molecule is CC(CC#N)C(=O)c1cccc(Cl)c1. The zero-order valence-electron chi connectivity index (χ0n) is 7.83. The molecule has 1 atom stereocenters. The van der Waals surface area contributed by atoms with Gasteiger partial charge in [-0.2, -0.15) is 5.26 Å². The van der Waals surface area contributed by atoms with Crippen LogP contribution >= 0.6 is 11.6 Å². The quantitative estimate of drug-likeness (QED) is 0.715. The number of benzene rings is 1. The lowest BCUT2D eigenvalue weighted by atomic mass is 9.97. The van der Waals surface area contributed by atoms with Crippen LogP contribution < -0.4 is 0 Å². The van der Waals surface area contributed by atoms with Gasteiger partial charge in [-0.3, -0.25) is 4.79 Å². The van der Waals surface area contributed by atoms with Gasteiger partial charge >= 0.3 is 0 Å². The molecule has 0 fully saturated rings. The molecular formula is C11H10ClNO. The molecule has 0 saturated heterocycles. The Morgan fingerprint density at radius 3 is 2.93 bits per heavy atom. The number of hydrogen-bond donors (Lipinski definition) is 0. The van der Waals surface area contributed by atoms with E-state index in [2.05, 4.69) is 0 Å². The van der Waals surface area contributed by atoms with Gasteiger partial charge in [-0.1, -0.05) is 30.7 Å². The van der Waals surface area contributed by atoms with E-state index in [4.69, 9.17) is 16.9 Å². The van der Waals surface area contributed by atoms with Crippen molar-refractivity contribution < 1.29 is 4.79 Å². The van der Waals surface area contributed by atoms with E-state index in [1.165, 1.54) is 0 Å². The summed E-state index contributed by atoms with van der Waals surface area (Å²) in [5, 5.41) is 9.00. The third kappa shape index (κ3) is 2.58. The number of hydrogen-bond acceptors (Lipinski definition) is 2. The van der Waals surface area contributed by atoms with Crippen LogP contribution in [0.25, 0.3) is 0 Å².